The number of carbonyl (C=O) groups is 1. The van der Waals surface area contributed by atoms with E-state index in [0.717, 1.165) is 11.3 Å². The van der Waals surface area contributed by atoms with E-state index in [9.17, 15) is 4.79 Å². The Kier molecular flexibility index (Phi) is 4.77. The average molecular weight is 269 g/mol. The second-order valence-corrected chi connectivity index (χ2v) is 4.68. The van der Waals surface area contributed by atoms with E-state index in [4.69, 9.17) is 4.74 Å². The van der Waals surface area contributed by atoms with Crippen LogP contribution >= 0.6 is 0 Å². The Morgan fingerprint density at radius 1 is 1.05 bits per heavy atom. The fraction of sp³-hybridized carbons (Fsp3) is 0.235. The van der Waals surface area contributed by atoms with Gasteiger partial charge in [0, 0.05) is 19.2 Å². The lowest BCUT2D eigenvalue weighted by molar-refractivity contribution is -0.142. The van der Waals surface area contributed by atoms with Crippen molar-refractivity contribution < 1.29 is 9.53 Å². The van der Waals surface area contributed by atoms with E-state index in [2.05, 4.69) is 0 Å². The van der Waals surface area contributed by atoms with E-state index >= 15 is 0 Å². The first kappa shape index (κ1) is 14.1. The van der Waals surface area contributed by atoms with Gasteiger partial charge in [0.05, 0.1) is 7.11 Å². The third kappa shape index (κ3) is 3.38. The number of esters is 1. The SMILES string of the molecule is COC(=O)C(Cc1ccccc1)N(C)c1ccccc1. The standard InChI is InChI=1S/C17H19NO2/c1-18(15-11-7-4-8-12-15)16(17(19)20-2)13-14-9-5-3-6-10-14/h3-12,16H,13H2,1-2H3. The van der Waals surface area contributed by atoms with Gasteiger partial charge in [0.1, 0.15) is 6.04 Å². The van der Waals surface area contributed by atoms with Gasteiger partial charge in [-0.1, -0.05) is 48.5 Å². The minimum absolute atomic E-state index is 0.222. The van der Waals surface area contributed by atoms with Crippen LogP contribution in [0.25, 0.3) is 0 Å². The van der Waals surface area contributed by atoms with Crippen LogP contribution in [-0.4, -0.2) is 26.2 Å². The quantitative estimate of drug-likeness (QED) is 0.782. The molecule has 0 aliphatic rings. The molecule has 1 unspecified atom stereocenters. The first-order valence-corrected chi connectivity index (χ1v) is 6.62. The first-order chi connectivity index (χ1) is 9.72. The van der Waals surface area contributed by atoms with Crippen LogP contribution < -0.4 is 4.90 Å². The third-order valence-electron chi connectivity index (χ3n) is 3.38. The molecule has 2 aromatic rings. The summed E-state index contributed by atoms with van der Waals surface area (Å²) in [5.41, 5.74) is 2.12. The summed E-state index contributed by atoms with van der Waals surface area (Å²) in [5.74, 6) is -0.222. The molecule has 0 heterocycles. The van der Waals surface area contributed by atoms with E-state index in [-0.39, 0.29) is 12.0 Å². The average Bonchev–Trinajstić information content (AvgIpc) is 2.53. The van der Waals surface area contributed by atoms with E-state index < -0.39 is 0 Å². The van der Waals surface area contributed by atoms with Crippen LogP contribution in [0.5, 0.6) is 0 Å². The van der Waals surface area contributed by atoms with Gasteiger partial charge in [-0.15, -0.1) is 0 Å². The van der Waals surface area contributed by atoms with E-state index in [1.54, 1.807) is 0 Å². The molecule has 0 aromatic heterocycles. The number of likely N-dealkylation sites (N-methyl/N-ethyl adjacent to an activating group) is 1. The Balaban J connectivity index is 2.22. The molecule has 0 saturated carbocycles. The number of para-hydroxylation sites is 1. The third-order valence-corrected chi connectivity index (χ3v) is 3.38. The molecule has 1 atom stereocenters. The lowest BCUT2D eigenvalue weighted by atomic mass is 10.0. The summed E-state index contributed by atoms with van der Waals surface area (Å²) in [5, 5.41) is 0. The molecule has 2 aromatic carbocycles. The molecule has 3 heteroatoms. The lowest BCUT2D eigenvalue weighted by Crippen LogP contribution is -2.41. The zero-order valence-corrected chi connectivity index (χ0v) is 11.8. The molecule has 0 N–H and O–H groups in total. The van der Waals surface area contributed by atoms with Crippen LogP contribution in [0, 0.1) is 0 Å². The summed E-state index contributed by atoms with van der Waals surface area (Å²) in [6, 6.07) is 19.5. The molecule has 0 aliphatic carbocycles. The van der Waals surface area contributed by atoms with E-state index in [0.29, 0.717) is 6.42 Å². The number of ether oxygens (including phenoxy) is 1. The summed E-state index contributed by atoms with van der Waals surface area (Å²) in [4.78, 5) is 14.0. The monoisotopic (exact) mass is 269 g/mol. The maximum atomic E-state index is 12.1. The Labute approximate surface area is 119 Å². The van der Waals surface area contributed by atoms with Crippen molar-refractivity contribution in [2.24, 2.45) is 0 Å². The van der Waals surface area contributed by atoms with Gasteiger partial charge in [-0.05, 0) is 17.7 Å². The maximum Gasteiger partial charge on any atom is 0.328 e. The Morgan fingerprint density at radius 3 is 2.15 bits per heavy atom. The van der Waals surface area contributed by atoms with Crippen molar-refractivity contribution in [2.75, 3.05) is 19.1 Å². The molecule has 0 bridgehead atoms. The molecule has 20 heavy (non-hydrogen) atoms. The van der Waals surface area contributed by atoms with Gasteiger partial charge in [-0.3, -0.25) is 0 Å². The maximum absolute atomic E-state index is 12.1. The molecular weight excluding hydrogens is 250 g/mol. The minimum atomic E-state index is -0.329. The summed E-state index contributed by atoms with van der Waals surface area (Å²) >= 11 is 0. The predicted molar refractivity (Wildman–Crippen MR) is 80.8 cm³/mol. The van der Waals surface area contributed by atoms with E-state index in [1.807, 2.05) is 72.6 Å². The minimum Gasteiger partial charge on any atom is -0.467 e. The van der Waals surface area contributed by atoms with Crippen LogP contribution in [0.15, 0.2) is 60.7 Å². The number of carbonyl (C=O) groups excluding carboxylic acids is 1. The Morgan fingerprint density at radius 2 is 1.60 bits per heavy atom. The van der Waals surface area contributed by atoms with Crippen molar-refractivity contribution >= 4 is 11.7 Å². The van der Waals surface area contributed by atoms with Crippen LogP contribution in [0.2, 0.25) is 0 Å². The second kappa shape index (κ2) is 6.75. The van der Waals surface area contributed by atoms with Gasteiger partial charge in [0.15, 0.2) is 0 Å². The smallest absolute Gasteiger partial charge is 0.328 e. The highest BCUT2D eigenvalue weighted by Gasteiger charge is 2.24. The van der Waals surface area contributed by atoms with Crippen molar-refractivity contribution in [3.63, 3.8) is 0 Å². The lowest BCUT2D eigenvalue weighted by Gasteiger charge is -2.28. The van der Waals surface area contributed by atoms with Crippen LogP contribution in [0.4, 0.5) is 5.69 Å². The number of hydrogen-bond acceptors (Lipinski definition) is 3. The van der Waals surface area contributed by atoms with Crippen LogP contribution in [0.1, 0.15) is 5.56 Å². The number of rotatable bonds is 5. The normalized spacial score (nSPS) is 11.7. The Bertz CT molecular complexity index is 539. The molecule has 0 saturated heterocycles. The van der Waals surface area contributed by atoms with Gasteiger partial charge in [0.25, 0.3) is 0 Å². The molecule has 0 fully saturated rings. The van der Waals surface area contributed by atoms with Gasteiger partial charge in [0.2, 0.25) is 0 Å². The van der Waals surface area contributed by atoms with Crippen molar-refractivity contribution in [1.29, 1.82) is 0 Å². The van der Waals surface area contributed by atoms with Gasteiger partial charge < -0.3 is 9.64 Å². The topological polar surface area (TPSA) is 29.5 Å². The van der Waals surface area contributed by atoms with Crippen molar-refractivity contribution in [3.8, 4) is 0 Å². The van der Waals surface area contributed by atoms with Crippen molar-refractivity contribution in [2.45, 2.75) is 12.5 Å². The Hall–Kier alpha value is -2.29. The second-order valence-electron chi connectivity index (χ2n) is 4.68. The zero-order valence-electron chi connectivity index (χ0n) is 11.8. The zero-order chi connectivity index (χ0) is 14.4. The van der Waals surface area contributed by atoms with Crippen LogP contribution in [-0.2, 0) is 16.0 Å². The summed E-state index contributed by atoms with van der Waals surface area (Å²) in [6.07, 6.45) is 0.624. The summed E-state index contributed by atoms with van der Waals surface area (Å²) < 4.78 is 4.95. The fourth-order valence-electron chi connectivity index (χ4n) is 2.19. The highest BCUT2D eigenvalue weighted by atomic mass is 16.5. The largest absolute Gasteiger partial charge is 0.467 e. The molecule has 0 radical (unpaired) electrons. The molecule has 0 amide bonds. The number of methoxy groups -OCH3 is 1. The number of nitrogens with zero attached hydrogens (tertiary/aromatic N) is 1. The molecular formula is C17H19NO2. The number of anilines is 1. The molecule has 2 rings (SSSR count). The van der Waals surface area contributed by atoms with Gasteiger partial charge in [-0.2, -0.15) is 0 Å². The molecule has 104 valence electrons. The summed E-state index contributed by atoms with van der Waals surface area (Å²) in [7, 11) is 3.35. The highest BCUT2D eigenvalue weighted by molar-refractivity contribution is 5.80. The summed E-state index contributed by atoms with van der Waals surface area (Å²) in [6.45, 7) is 0. The first-order valence-electron chi connectivity index (χ1n) is 6.62. The number of benzene rings is 2. The predicted octanol–water partition coefficient (Wildman–Crippen LogP) is 2.91. The molecule has 0 spiro atoms. The molecule has 0 aliphatic heterocycles. The highest BCUT2D eigenvalue weighted by Crippen LogP contribution is 2.18. The fourth-order valence-corrected chi connectivity index (χ4v) is 2.19. The van der Waals surface area contributed by atoms with Crippen molar-refractivity contribution in [3.05, 3.63) is 66.2 Å². The number of hydrogen-bond donors (Lipinski definition) is 0. The van der Waals surface area contributed by atoms with E-state index in [1.165, 1.54) is 7.11 Å². The van der Waals surface area contributed by atoms with Crippen LogP contribution in [0.3, 0.4) is 0 Å². The van der Waals surface area contributed by atoms with Gasteiger partial charge in [-0.25, -0.2) is 4.79 Å². The molecule has 3 nitrogen and oxygen atoms in total. The van der Waals surface area contributed by atoms with Gasteiger partial charge >= 0.3 is 5.97 Å². The van der Waals surface area contributed by atoms with Crippen molar-refractivity contribution in [1.82, 2.24) is 0 Å².